The molecule has 0 radical (unpaired) electrons. The molecular weight excluding hydrogens is 276 g/mol. The van der Waals surface area contributed by atoms with Gasteiger partial charge in [-0.25, -0.2) is 4.79 Å². The van der Waals surface area contributed by atoms with Crippen molar-refractivity contribution in [2.75, 3.05) is 0 Å². The molecule has 0 saturated carbocycles. The van der Waals surface area contributed by atoms with Gasteiger partial charge in [-0.1, -0.05) is 11.6 Å². The van der Waals surface area contributed by atoms with Crippen LogP contribution in [-0.2, 0) is 0 Å². The zero-order chi connectivity index (χ0) is 14.7. The topological polar surface area (TPSA) is 43.4 Å². The predicted molar refractivity (Wildman–Crippen MR) is 77.7 cm³/mol. The number of esters is 1. The standard InChI is InChI=1S/C16H13ClO3/c1-10-7-12(9-18)8-11(2)15(10)20-16(19)13-3-5-14(17)6-4-13/h3-9H,1-2H3. The maximum Gasteiger partial charge on any atom is 0.343 e. The van der Waals surface area contributed by atoms with Gasteiger partial charge in [-0.05, 0) is 61.4 Å². The van der Waals surface area contributed by atoms with Crippen molar-refractivity contribution in [2.24, 2.45) is 0 Å². The molecule has 0 aliphatic rings. The van der Waals surface area contributed by atoms with Gasteiger partial charge in [-0.15, -0.1) is 0 Å². The number of halogens is 1. The molecular formula is C16H13ClO3. The van der Waals surface area contributed by atoms with Gasteiger partial charge < -0.3 is 4.74 Å². The normalized spacial score (nSPS) is 10.2. The zero-order valence-electron chi connectivity index (χ0n) is 11.1. The summed E-state index contributed by atoms with van der Waals surface area (Å²) in [4.78, 5) is 22.8. The number of hydrogen-bond donors (Lipinski definition) is 0. The molecule has 4 heteroatoms. The molecule has 0 saturated heterocycles. The van der Waals surface area contributed by atoms with E-state index in [-0.39, 0.29) is 0 Å². The van der Waals surface area contributed by atoms with Crippen LogP contribution >= 0.6 is 11.6 Å². The van der Waals surface area contributed by atoms with E-state index in [0.29, 0.717) is 21.9 Å². The van der Waals surface area contributed by atoms with E-state index >= 15 is 0 Å². The molecule has 0 fully saturated rings. The maximum absolute atomic E-state index is 12.0. The third kappa shape index (κ3) is 3.06. The molecule has 2 aromatic carbocycles. The van der Waals surface area contributed by atoms with Crippen LogP contribution in [0, 0.1) is 13.8 Å². The lowest BCUT2D eigenvalue weighted by Gasteiger charge is -2.11. The predicted octanol–water partition coefficient (Wildman–Crippen LogP) is 3.99. The van der Waals surface area contributed by atoms with E-state index in [1.54, 1.807) is 50.2 Å². The van der Waals surface area contributed by atoms with Crippen LogP contribution in [0.1, 0.15) is 31.8 Å². The van der Waals surface area contributed by atoms with Crippen molar-refractivity contribution < 1.29 is 14.3 Å². The van der Waals surface area contributed by atoms with E-state index in [0.717, 1.165) is 17.4 Å². The van der Waals surface area contributed by atoms with E-state index in [1.807, 2.05) is 0 Å². The van der Waals surface area contributed by atoms with Crippen LogP contribution in [0.5, 0.6) is 5.75 Å². The summed E-state index contributed by atoms with van der Waals surface area (Å²) >= 11 is 5.78. The number of aldehydes is 1. The lowest BCUT2D eigenvalue weighted by molar-refractivity contribution is 0.0732. The maximum atomic E-state index is 12.0. The van der Waals surface area contributed by atoms with Gasteiger partial charge in [0.05, 0.1) is 5.56 Å². The van der Waals surface area contributed by atoms with Crippen molar-refractivity contribution in [3.05, 3.63) is 63.7 Å². The first-order chi connectivity index (χ1) is 9.51. The second-order valence-electron chi connectivity index (χ2n) is 4.50. The average molecular weight is 289 g/mol. The number of aryl methyl sites for hydroxylation is 2. The van der Waals surface area contributed by atoms with Crippen LogP contribution in [0.15, 0.2) is 36.4 Å². The first-order valence-electron chi connectivity index (χ1n) is 6.05. The zero-order valence-corrected chi connectivity index (χ0v) is 11.9. The minimum absolute atomic E-state index is 0.424. The van der Waals surface area contributed by atoms with Crippen molar-refractivity contribution in [3.63, 3.8) is 0 Å². The Kier molecular flexibility index (Phi) is 4.20. The van der Waals surface area contributed by atoms with Crippen molar-refractivity contribution in [3.8, 4) is 5.75 Å². The minimum Gasteiger partial charge on any atom is -0.422 e. The van der Waals surface area contributed by atoms with Crippen LogP contribution in [0.2, 0.25) is 5.02 Å². The number of ether oxygens (including phenoxy) is 1. The SMILES string of the molecule is Cc1cc(C=O)cc(C)c1OC(=O)c1ccc(Cl)cc1. The Labute approximate surface area is 122 Å². The first kappa shape index (κ1) is 14.3. The highest BCUT2D eigenvalue weighted by Crippen LogP contribution is 2.25. The monoisotopic (exact) mass is 288 g/mol. The Morgan fingerprint density at radius 2 is 1.65 bits per heavy atom. The summed E-state index contributed by atoms with van der Waals surface area (Å²) in [5.74, 6) is 0.0299. The van der Waals surface area contributed by atoms with Gasteiger partial charge in [-0.2, -0.15) is 0 Å². The average Bonchev–Trinajstić information content (AvgIpc) is 2.43. The molecule has 0 aliphatic heterocycles. The molecule has 3 nitrogen and oxygen atoms in total. The first-order valence-corrected chi connectivity index (χ1v) is 6.43. The largest absolute Gasteiger partial charge is 0.422 e. The summed E-state index contributed by atoms with van der Waals surface area (Å²) in [7, 11) is 0. The number of hydrogen-bond acceptors (Lipinski definition) is 3. The second kappa shape index (κ2) is 5.88. The van der Waals surface area contributed by atoms with Crippen LogP contribution in [0.25, 0.3) is 0 Å². The highest BCUT2D eigenvalue weighted by Gasteiger charge is 2.13. The summed E-state index contributed by atoms with van der Waals surface area (Å²) in [5, 5.41) is 0.559. The van der Waals surface area contributed by atoms with Gasteiger partial charge in [0, 0.05) is 10.6 Å². The fourth-order valence-electron chi connectivity index (χ4n) is 1.95. The summed E-state index contributed by atoms with van der Waals surface area (Å²) in [6.07, 6.45) is 0.769. The molecule has 0 bridgehead atoms. The van der Waals surface area contributed by atoms with E-state index in [9.17, 15) is 9.59 Å². The molecule has 102 valence electrons. The molecule has 2 rings (SSSR count). The van der Waals surface area contributed by atoms with E-state index in [2.05, 4.69) is 0 Å². The molecule has 0 aromatic heterocycles. The van der Waals surface area contributed by atoms with Gasteiger partial charge in [0.25, 0.3) is 0 Å². The van der Waals surface area contributed by atoms with Crippen LogP contribution in [-0.4, -0.2) is 12.3 Å². The quantitative estimate of drug-likeness (QED) is 0.487. The number of benzene rings is 2. The highest BCUT2D eigenvalue weighted by molar-refractivity contribution is 6.30. The smallest absolute Gasteiger partial charge is 0.343 e. The summed E-state index contributed by atoms with van der Waals surface area (Å²) in [5.41, 5.74) is 2.47. The Morgan fingerprint density at radius 3 is 2.15 bits per heavy atom. The molecule has 20 heavy (non-hydrogen) atoms. The molecule has 0 N–H and O–H groups in total. The molecule has 0 aliphatic carbocycles. The molecule has 0 atom stereocenters. The van der Waals surface area contributed by atoms with Crippen LogP contribution in [0.3, 0.4) is 0 Å². The van der Waals surface area contributed by atoms with Crippen molar-refractivity contribution in [1.29, 1.82) is 0 Å². The van der Waals surface area contributed by atoms with Crippen LogP contribution in [0.4, 0.5) is 0 Å². The minimum atomic E-state index is -0.452. The van der Waals surface area contributed by atoms with Gasteiger partial charge in [-0.3, -0.25) is 4.79 Å². The van der Waals surface area contributed by atoms with Crippen LogP contribution < -0.4 is 4.74 Å². The summed E-state index contributed by atoms with van der Waals surface area (Å²) in [6, 6.07) is 9.85. The van der Waals surface area contributed by atoms with E-state index in [4.69, 9.17) is 16.3 Å². The summed E-state index contributed by atoms with van der Waals surface area (Å²) in [6.45, 7) is 3.59. The Balaban J connectivity index is 2.28. The molecule has 2 aromatic rings. The summed E-state index contributed by atoms with van der Waals surface area (Å²) < 4.78 is 5.40. The van der Waals surface area contributed by atoms with Gasteiger partial charge in [0.1, 0.15) is 12.0 Å². The third-order valence-corrected chi connectivity index (χ3v) is 3.15. The lowest BCUT2D eigenvalue weighted by Crippen LogP contribution is -2.10. The fourth-order valence-corrected chi connectivity index (χ4v) is 2.08. The number of rotatable bonds is 3. The number of carbonyl (C=O) groups is 2. The number of carbonyl (C=O) groups excluding carboxylic acids is 2. The van der Waals surface area contributed by atoms with Gasteiger partial charge in [0.2, 0.25) is 0 Å². The van der Waals surface area contributed by atoms with Crippen molar-refractivity contribution in [2.45, 2.75) is 13.8 Å². The van der Waals surface area contributed by atoms with E-state index in [1.165, 1.54) is 0 Å². The van der Waals surface area contributed by atoms with E-state index < -0.39 is 5.97 Å². The highest BCUT2D eigenvalue weighted by atomic mass is 35.5. The van der Waals surface area contributed by atoms with Crippen molar-refractivity contribution in [1.82, 2.24) is 0 Å². The third-order valence-electron chi connectivity index (χ3n) is 2.89. The van der Waals surface area contributed by atoms with Gasteiger partial charge >= 0.3 is 5.97 Å². The Bertz CT molecular complexity index is 637. The lowest BCUT2D eigenvalue weighted by atomic mass is 10.1. The fraction of sp³-hybridized carbons (Fsp3) is 0.125. The molecule has 0 spiro atoms. The second-order valence-corrected chi connectivity index (χ2v) is 4.93. The molecule has 0 heterocycles. The van der Waals surface area contributed by atoms with Crippen molar-refractivity contribution >= 4 is 23.9 Å². The Hall–Kier alpha value is -2.13. The molecule has 0 unspecified atom stereocenters. The Morgan fingerprint density at radius 1 is 1.10 bits per heavy atom. The molecule has 0 amide bonds. The van der Waals surface area contributed by atoms with Gasteiger partial charge in [0.15, 0.2) is 0 Å².